The molecular formula is C17H16N4O3S. The van der Waals surface area contributed by atoms with Gasteiger partial charge in [0.15, 0.2) is 0 Å². The Morgan fingerprint density at radius 3 is 2.32 bits per heavy atom. The summed E-state index contributed by atoms with van der Waals surface area (Å²) in [4.78, 5) is 2.83. The fourth-order valence-electron chi connectivity index (χ4n) is 2.30. The molecule has 0 radical (unpaired) electrons. The number of ether oxygens (including phenoxy) is 1. The predicted molar refractivity (Wildman–Crippen MR) is 94.6 cm³/mol. The second-order valence-corrected chi connectivity index (χ2v) is 5.33. The van der Waals surface area contributed by atoms with E-state index >= 15 is 0 Å². The highest BCUT2D eigenvalue weighted by atomic mass is 32.1. The molecule has 0 bridgehead atoms. The molecule has 1 aromatic heterocycles. The number of nitriles is 2. The van der Waals surface area contributed by atoms with E-state index in [1.165, 1.54) is 0 Å². The minimum atomic E-state index is -0.113. The summed E-state index contributed by atoms with van der Waals surface area (Å²) in [7, 11) is 0. The third kappa shape index (κ3) is 4.14. The van der Waals surface area contributed by atoms with Crippen LogP contribution in [0.2, 0.25) is 0 Å². The van der Waals surface area contributed by atoms with Crippen molar-refractivity contribution < 1.29 is 14.9 Å². The van der Waals surface area contributed by atoms with Gasteiger partial charge in [-0.1, -0.05) is 24.4 Å². The largest absolute Gasteiger partial charge is 0.491 e. The average Bonchev–Trinajstić information content (AvgIpc) is 2.64. The molecule has 0 aliphatic carbocycles. The number of H-pyrrole nitrogens is 1. The Morgan fingerprint density at radius 2 is 1.76 bits per heavy atom. The van der Waals surface area contributed by atoms with Crippen molar-refractivity contribution in [1.82, 2.24) is 4.98 Å². The van der Waals surface area contributed by atoms with Crippen molar-refractivity contribution in [3.8, 4) is 29.0 Å². The fraction of sp³-hybridized carbons (Fsp3) is 0.235. The summed E-state index contributed by atoms with van der Waals surface area (Å²) in [6.07, 6.45) is 0. The van der Waals surface area contributed by atoms with Crippen LogP contribution in [0.15, 0.2) is 24.3 Å². The molecule has 2 rings (SSSR count). The van der Waals surface area contributed by atoms with Gasteiger partial charge in [-0.15, -0.1) is 0 Å². The summed E-state index contributed by atoms with van der Waals surface area (Å²) in [6, 6.07) is 10.9. The molecule has 1 heterocycles. The Morgan fingerprint density at radius 1 is 1.08 bits per heavy atom. The lowest BCUT2D eigenvalue weighted by atomic mass is 9.96. The van der Waals surface area contributed by atoms with Crippen molar-refractivity contribution in [2.75, 3.05) is 31.7 Å². The number of nitrogens with one attached hydrogen (secondary N) is 2. The van der Waals surface area contributed by atoms with Gasteiger partial charge >= 0.3 is 0 Å². The first-order chi connectivity index (χ1) is 12.2. The summed E-state index contributed by atoms with van der Waals surface area (Å²) in [5.41, 5.74) is 1.49. The van der Waals surface area contributed by atoms with Crippen molar-refractivity contribution in [2.24, 2.45) is 0 Å². The van der Waals surface area contributed by atoms with E-state index in [9.17, 15) is 10.5 Å². The molecular weight excluding hydrogens is 340 g/mol. The molecule has 25 heavy (non-hydrogen) atoms. The van der Waals surface area contributed by atoms with Crippen LogP contribution in [0.4, 0.5) is 5.82 Å². The summed E-state index contributed by atoms with van der Waals surface area (Å²) in [6.45, 7) is 0.210. The lowest BCUT2D eigenvalue weighted by Crippen LogP contribution is -2.10. The molecule has 7 nitrogen and oxygen atoms in total. The number of rotatable bonds is 7. The zero-order chi connectivity index (χ0) is 18.2. The SMILES string of the molecule is N#Cc1c(NCCO)[nH]c(=S)c(C#N)c1-c1ccc(OCCO)cc1. The second-order valence-electron chi connectivity index (χ2n) is 4.92. The van der Waals surface area contributed by atoms with Gasteiger partial charge in [-0.3, -0.25) is 0 Å². The first-order valence-electron chi connectivity index (χ1n) is 7.45. The molecule has 2 aromatic rings. The van der Waals surface area contributed by atoms with Gasteiger partial charge in [0, 0.05) is 12.1 Å². The highest BCUT2D eigenvalue weighted by Gasteiger charge is 2.17. The quantitative estimate of drug-likeness (QED) is 0.559. The predicted octanol–water partition coefficient (Wildman–Crippen LogP) is 1.93. The Bertz CT molecular complexity index is 879. The molecule has 0 saturated heterocycles. The van der Waals surface area contributed by atoms with E-state index in [1.54, 1.807) is 24.3 Å². The third-order valence-electron chi connectivity index (χ3n) is 3.36. The number of nitrogens with zero attached hydrogens (tertiary/aromatic N) is 2. The molecule has 0 fully saturated rings. The summed E-state index contributed by atoms with van der Waals surface area (Å²) in [5.74, 6) is 0.922. The van der Waals surface area contributed by atoms with Crippen LogP contribution in [0.5, 0.6) is 5.75 Å². The van der Waals surface area contributed by atoms with Crippen molar-refractivity contribution >= 4 is 18.0 Å². The molecule has 0 unspecified atom stereocenters. The normalized spacial score (nSPS) is 9.92. The molecule has 0 aliphatic heterocycles. The molecule has 1 aromatic carbocycles. The molecule has 0 spiro atoms. The van der Waals surface area contributed by atoms with Crippen LogP contribution >= 0.6 is 12.2 Å². The van der Waals surface area contributed by atoms with Crippen LogP contribution < -0.4 is 10.1 Å². The Labute approximate surface area is 149 Å². The van der Waals surface area contributed by atoms with Gasteiger partial charge in [0.05, 0.1) is 18.8 Å². The first kappa shape index (κ1) is 18.4. The fourth-order valence-corrected chi connectivity index (χ4v) is 2.55. The molecule has 128 valence electrons. The Hall–Kier alpha value is -2.91. The minimum absolute atomic E-state index is 0.0906. The first-order valence-corrected chi connectivity index (χ1v) is 7.86. The van der Waals surface area contributed by atoms with Gasteiger partial charge in [0.1, 0.15) is 40.5 Å². The highest BCUT2D eigenvalue weighted by molar-refractivity contribution is 7.71. The molecule has 0 aliphatic rings. The number of aromatic amines is 1. The van der Waals surface area contributed by atoms with Gasteiger partial charge in [0.25, 0.3) is 0 Å². The lowest BCUT2D eigenvalue weighted by molar-refractivity contribution is 0.201. The summed E-state index contributed by atoms with van der Waals surface area (Å²) in [5, 5.41) is 39.7. The maximum Gasteiger partial charge on any atom is 0.123 e. The van der Waals surface area contributed by atoms with E-state index in [1.807, 2.05) is 6.07 Å². The molecule has 0 amide bonds. The van der Waals surface area contributed by atoms with Crippen LogP contribution in [0, 0.1) is 27.3 Å². The van der Waals surface area contributed by atoms with Crippen LogP contribution in [0.1, 0.15) is 11.1 Å². The van der Waals surface area contributed by atoms with Gasteiger partial charge < -0.3 is 25.3 Å². The highest BCUT2D eigenvalue weighted by Crippen LogP contribution is 2.32. The van der Waals surface area contributed by atoms with Crippen molar-refractivity contribution in [1.29, 1.82) is 10.5 Å². The van der Waals surface area contributed by atoms with E-state index in [2.05, 4.69) is 16.4 Å². The van der Waals surface area contributed by atoms with Crippen LogP contribution in [0.3, 0.4) is 0 Å². The van der Waals surface area contributed by atoms with Gasteiger partial charge in [0.2, 0.25) is 0 Å². The van der Waals surface area contributed by atoms with Crippen molar-refractivity contribution in [2.45, 2.75) is 0 Å². The maximum atomic E-state index is 9.57. The van der Waals surface area contributed by atoms with E-state index in [-0.39, 0.29) is 42.1 Å². The number of aromatic nitrogens is 1. The molecule has 0 saturated carbocycles. The number of anilines is 1. The summed E-state index contributed by atoms with van der Waals surface area (Å²) < 4.78 is 5.52. The number of aliphatic hydroxyl groups is 2. The zero-order valence-corrected chi connectivity index (χ0v) is 14.1. The molecule has 4 N–H and O–H groups in total. The van der Waals surface area contributed by atoms with Crippen LogP contribution in [-0.4, -0.2) is 41.6 Å². The summed E-state index contributed by atoms with van der Waals surface area (Å²) >= 11 is 5.22. The van der Waals surface area contributed by atoms with Gasteiger partial charge in [-0.25, -0.2) is 0 Å². The zero-order valence-electron chi connectivity index (χ0n) is 13.2. The van der Waals surface area contributed by atoms with E-state index in [0.717, 1.165) is 0 Å². The minimum Gasteiger partial charge on any atom is -0.491 e. The van der Waals surface area contributed by atoms with E-state index < -0.39 is 0 Å². The second kappa shape index (κ2) is 8.81. The standard InChI is InChI=1S/C17H16N4O3S/c18-9-13-15(11-1-3-12(4-2-11)24-8-7-23)14(10-19)17(25)21-16(13)20-5-6-22/h1-4,22-23H,5-8H2,(H2,20,21,25). The Kier molecular flexibility index (Phi) is 6.49. The van der Waals surface area contributed by atoms with Crippen molar-refractivity contribution in [3.63, 3.8) is 0 Å². The number of hydrogen-bond acceptors (Lipinski definition) is 7. The number of benzene rings is 1. The van der Waals surface area contributed by atoms with Gasteiger partial charge in [-0.05, 0) is 17.7 Å². The number of aliphatic hydroxyl groups excluding tert-OH is 2. The topological polar surface area (TPSA) is 125 Å². The molecule has 0 atom stereocenters. The Balaban J connectivity index is 2.58. The monoisotopic (exact) mass is 356 g/mol. The average molecular weight is 356 g/mol. The van der Waals surface area contributed by atoms with Crippen LogP contribution in [-0.2, 0) is 0 Å². The van der Waals surface area contributed by atoms with Gasteiger partial charge in [-0.2, -0.15) is 10.5 Å². The third-order valence-corrected chi connectivity index (χ3v) is 3.66. The lowest BCUT2D eigenvalue weighted by Gasteiger charge is -2.14. The van der Waals surface area contributed by atoms with E-state index in [0.29, 0.717) is 22.7 Å². The number of hydrogen-bond donors (Lipinski definition) is 4. The van der Waals surface area contributed by atoms with Crippen molar-refractivity contribution in [3.05, 3.63) is 40.0 Å². The maximum absolute atomic E-state index is 9.57. The number of pyridine rings is 1. The molecule has 8 heteroatoms. The smallest absolute Gasteiger partial charge is 0.123 e. The van der Waals surface area contributed by atoms with Crippen LogP contribution in [0.25, 0.3) is 11.1 Å². The van der Waals surface area contributed by atoms with E-state index in [4.69, 9.17) is 27.2 Å².